The van der Waals surface area contributed by atoms with Crippen LogP contribution in [0.3, 0.4) is 0 Å². The molecule has 0 spiro atoms. The van der Waals surface area contributed by atoms with Gasteiger partial charge in [0.15, 0.2) is 0 Å². The highest BCUT2D eigenvalue weighted by Gasteiger charge is 2.40. The maximum atomic E-state index is 12.8. The van der Waals surface area contributed by atoms with Crippen LogP contribution in [-0.2, 0) is 14.3 Å². The lowest BCUT2D eigenvalue weighted by molar-refractivity contribution is -0.664. The number of piperidine rings is 1. The quantitative estimate of drug-likeness (QED) is 0.735. The van der Waals surface area contributed by atoms with E-state index in [2.05, 4.69) is 5.32 Å². The first kappa shape index (κ1) is 17.9. The van der Waals surface area contributed by atoms with Crippen molar-refractivity contribution >= 4 is 29.1 Å². The van der Waals surface area contributed by atoms with E-state index in [-0.39, 0.29) is 24.3 Å². The minimum atomic E-state index is -0.743. The molecule has 7 nitrogen and oxygen atoms in total. The van der Waals surface area contributed by atoms with Crippen LogP contribution in [0.1, 0.15) is 22.5 Å². The summed E-state index contributed by atoms with van der Waals surface area (Å²) in [7, 11) is 1.31. The Morgan fingerprint density at radius 1 is 1.24 bits per heavy atom. The number of hydrogen-bond acceptors (Lipinski definition) is 5. The van der Waals surface area contributed by atoms with Gasteiger partial charge in [0.2, 0.25) is 5.91 Å². The number of methoxy groups -OCH3 is 1. The number of carbonyl (C=O) groups is 3. The Labute approximate surface area is 150 Å². The van der Waals surface area contributed by atoms with E-state index in [0.717, 1.165) is 25.9 Å². The molecule has 1 aromatic rings. The minimum absolute atomic E-state index is 0.0304. The zero-order valence-electron chi connectivity index (χ0n) is 14.3. The SMILES string of the molecule is COC(=O)[C@@H]1CN(C(=O)C2CC[NH2+]CC2)CCN1C(=O)c1cccs1. The van der Waals surface area contributed by atoms with E-state index in [1.807, 2.05) is 11.4 Å². The van der Waals surface area contributed by atoms with Crippen molar-refractivity contribution in [3.05, 3.63) is 22.4 Å². The lowest BCUT2D eigenvalue weighted by Gasteiger charge is -2.41. The Morgan fingerprint density at radius 2 is 2.00 bits per heavy atom. The summed E-state index contributed by atoms with van der Waals surface area (Å²) in [5.74, 6) is -0.516. The topological polar surface area (TPSA) is 83.5 Å². The second-order valence-electron chi connectivity index (χ2n) is 6.44. The number of carbonyl (C=O) groups excluding carboxylic acids is 3. The number of rotatable bonds is 3. The molecule has 0 unspecified atom stereocenters. The predicted molar refractivity (Wildman–Crippen MR) is 92.1 cm³/mol. The molecule has 2 saturated heterocycles. The average molecular weight is 366 g/mol. The Morgan fingerprint density at radius 3 is 2.64 bits per heavy atom. The summed E-state index contributed by atoms with van der Waals surface area (Å²) in [4.78, 5) is 41.6. The summed E-state index contributed by atoms with van der Waals surface area (Å²) < 4.78 is 4.89. The fourth-order valence-corrected chi connectivity index (χ4v) is 4.22. The molecule has 3 rings (SSSR count). The first-order valence-electron chi connectivity index (χ1n) is 8.64. The van der Waals surface area contributed by atoms with E-state index in [4.69, 9.17) is 4.74 Å². The summed E-state index contributed by atoms with van der Waals surface area (Å²) >= 11 is 1.35. The summed E-state index contributed by atoms with van der Waals surface area (Å²) in [5, 5.41) is 4.05. The number of nitrogens with two attached hydrogens (primary N) is 1. The number of quaternary nitrogens is 1. The van der Waals surface area contributed by atoms with Crippen molar-refractivity contribution in [1.29, 1.82) is 0 Å². The molecule has 2 N–H and O–H groups in total. The molecule has 25 heavy (non-hydrogen) atoms. The highest BCUT2D eigenvalue weighted by molar-refractivity contribution is 7.12. The largest absolute Gasteiger partial charge is 0.467 e. The van der Waals surface area contributed by atoms with Crippen molar-refractivity contribution in [3.63, 3.8) is 0 Å². The molecule has 8 heteroatoms. The molecule has 0 radical (unpaired) electrons. The van der Waals surface area contributed by atoms with E-state index in [0.29, 0.717) is 18.0 Å². The van der Waals surface area contributed by atoms with Gasteiger partial charge in [-0.1, -0.05) is 6.07 Å². The number of ether oxygens (including phenoxy) is 1. The molecule has 136 valence electrons. The molecular formula is C17H24N3O4S+. The van der Waals surface area contributed by atoms with Crippen LogP contribution >= 0.6 is 11.3 Å². The number of amides is 2. The monoisotopic (exact) mass is 366 g/mol. The first-order valence-corrected chi connectivity index (χ1v) is 9.52. The standard InChI is InChI=1S/C17H23N3O4S/c1-24-17(23)13-11-19(15(21)12-4-6-18-7-5-12)8-9-20(13)16(22)14-3-2-10-25-14/h2-3,10,12-13,18H,4-9,11H2,1H3/p+1/t13-/m0/s1. The number of thiophene rings is 1. The third kappa shape index (κ3) is 3.85. The molecule has 0 aromatic carbocycles. The molecule has 0 aliphatic carbocycles. The molecule has 0 saturated carbocycles. The molecular weight excluding hydrogens is 342 g/mol. The lowest BCUT2D eigenvalue weighted by atomic mass is 9.95. The van der Waals surface area contributed by atoms with E-state index in [1.165, 1.54) is 23.3 Å². The summed E-state index contributed by atoms with van der Waals surface area (Å²) in [5.41, 5.74) is 0. The van der Waals surface area contributed by atoms with Crippen LogP contribution in [-0.4, -0.2) is 73.5 Å². The average Bonchev–Trinajstić information content (AvgIpc) is 3.21. The van der Waals surface area contributed by atoms with Gasteiger partial charge in [0, 0.05) is 31.8 Å². The number of esters is 1. The number of hydrogen-bond donors (Lipinski definition) is 1. The van der Waals surface area contributed by atoms with Gasteiger partial charge < -0.3 is 19.9 Å². The van der Waals surface area contributed by atoms with Crippen molar-refractivity contribution in [2.24, 2.45) is 5.92 Å². The maximum absolute atomic E-state index is 12.8. The summed E-state index contributed by atoms with van der Waals surface area (Å²) in [6.07, 6.45) is 1.74. The highest BCUT2D eigenvalue weighted by Crippen LogP contribution is 2.21. The maximum Gasteiger partial charge on any atom is 0.330 e. The number of nitrogens with zero attached hydrogens (tertiary/aromatic N) is 2. The fourth-order valence-electron chi connectivity index (χ4n) is 3.54. The van der Waals surface area contributed by atoms with Gasteiger partial charge in [-0.15, -0.1) is 11.3 Å². The molecule has 2 aliphatic rings. The van der Waals surface area contributed by atoms with Gasteiger partial charge >= 0.3 is 5.97 Å². The summed E-state index contributed by atoms with van der Waals surface area (Å²) in [6.45, 7) is 2.95. The second-order valence-corrected chi connectivity index (χ2v) is 7.39. The third-order valence-corrected chi connectivity index (χ3v) is 5.80. The minimum Gasteiger partial charge on any atom is -0.467 e. The van der Waals surface area contributed by atoms with Crippen LogP contribution in [0, 0.1) is 5.92 Å². The van der Waals surface area contributed by atoms with Gasteiger partial charge in [-0.25, -0.2) is 4.79 Å². The van der Waals surface area contributed by atoms with Crippen molar-refractivity contribution in [3.8, 4) is 0 Å². The predicted octanol–water partition coefficient (Wildman–Crippen LogP) is -0.452. The van der Waals surface area contributed by atoms with Gasteiger partial charge in [-0.2, -0.15) is 0 Å². The van der Waals surface area contributed by atoms with E-state index < -0.39 is 12.0 Å². The van der Waals surface area contributed by atoms with E-state index in [1.54, 1.807) is 11.0 Å². The normalized spacial score (nSPS) is 21.9. The van der Waals surface area contributed by atoms with Crippen molar-refractivity contribution < 1.29 is 24.4 Å². The van der Waals surface area contributed by atoms with Crippen molar-refractivity contribution in [2.75, 3.05) is 39.8 Å². The second kappa shape index (κ2) is 7.97. The smallest absolute Gasteiger partial charge is 0.330 e. The van der Waals surface area contributed by atoms with Crippen LogP contribution < -0.4 is 5.32 Å². The van der Waals surface area contributed by atoms with Crippen LogP contribution in [0.5, 0.6) is 0 Å². The molecule has 3 heterocycles. The molecule has 1 atom stereocenters. The van der Waals surface area contributed by atoms with Gasteiger partial charge in [0.25, 0.3) is 5.91 Å². The Kier molecular flexibility index (Phi) is 5.70. The van der Waals surface area contributed by atoms with Gasteiger partial charge in [0.05, 0.1) is 31.6 Å². The van der Waals surface area contributed by atoms with Crippen molar-refractivity contribution in [2.45, 2.75) is 18.9 Å². The van der Waals surface area contributed by atoms with Gasteiger partial charge in [-0.3, -0.25) is 9.59 Å². The molecule has 2 amide bonds. The number of piperazine rings is 1. The highest BCUT2D eigenvalue weighted by atomic mass is 32.1. The fraction of sp³-hybridized carbons (Fsp3) is 0.588. The van der Waals surface area contributed by atoms with E-state index >= 15 is 0 Å². The van der Waals surface area contributed by atoms with E-state index in [9.17, 15) is 14.4 Å². The van der Waals surface area contributed by atoms with Gasteiger partial charge in [-0.05, 0) is 11.4 Å². The van der Waals surface area contributed by atoms with Gasteiger partial charge in [0.1, 0.15) is 6.04 Å². The van der Waals surface area contributed by atoms with Crippen molar-refractivity contribution in [1.82, 2.24) is 9.80 Å². The first-order chi connectivity index (χ1) is 12.1. The third-order valence-electron chi connectivity index (χ3n) is 4.95. The molecule has 0 bridgehead atoms. The van der Waals surface area contributed by atoms with Crippen LogP contribution in [0.25, 0.3) is 0 Å². The van der Waals surface area contributed by atoms with Crippen LogP contribution in [0.4, 0.5) is 0 Å². The molecule has 1 aromatic heterocycles. The zero-order chi connectivity index (χ0) is 17.8. The van der Waals surface area contributed by atoms with Crippen LogP contribution in [0.15, 0.2) is 17.5 Å². The summed E-state index contributed by atoms with van der Waals surface area (Å²) in [6, 6.07) is 2.81. The Hall–Kier alpha value is -1.93. The zero-order valence-corrected chi connectivity index (χ0v) is 15.2. The van der Waals surface area contributed by atoms with Crippen LogP contribution in [0.2, 0.25) is 0 Å². The Bertz CT molecular complexity index is 628. The molecule has 2 aliphatic heterocycles. The molecule has 2 fully saturated rings. The lowest BCUT2D eigenvalue weighted by Crippen LogP contribution is -2.86. The Balaban J connectivity index is 1.72.